The summed E-state index contributed by atoms with van der Waals surface area (Å²) in [5.41, 5.74) is 2.11. The average molecular weight is 264 g/mol. The van der Waals surface area contributed by atoms with Gasteiger partial charge < -0.3 is 10.1 Å². The van der Waals surface area contributed by atoms with Crippen molar-refractivity contribution in [2.45, 2.75) is 13.5 Å². The maximum absolute atomic E-state index is 5.76. The van der Waals surface area contributed by atoms with Crippen molar-refractivity contribution < 1.29 is 4.74 Å². The summed E-state index contributed by atoms with van der Waals surface area (Å²) >= 11 is 5.76. The maximum Gasteiger partial charge on any atom is 0.224 e. The third-order valence-electron chi connectivity index (χ3n) is 2.56. The standard InChI is InChI=1S/C13H14ClN3O/c1-9-7-16-13(14)17-12(9)15-8-10-3-5-11(18-2)6-4-10/h3-7H,8H2,1-2H3,(H,15,16,17). The molecule has 0 spiro atoms. The summed E-state index contributed by atoms with van der Waals surface area (Å²) in [4.78, 5) is 8.05. The van der Waals surface area contributed by atoms with Gasteiger partial charge in [0, 0.05) is 18.3 Å². The van der Waals surface area contributed by atoms with Gasteiger partial charge in [-0.05, 0) is 36.2 Å². The van der Waals surface area contributed by atoms with E-state index in [1.807, 2.05) is 31.2 Å². The summed E-state index contributed by atoms with van der Waals surface area (Å²) in [6.07, 6.45) is 1.70. The van der Waals surface area contributed by atoms with Crippen LogP contribution in [-0.2, 0) is 6.54 Å². The van der Waals surface area contributed by atoms with E-state index in [2.05, 4.69) is 15.3 Å². The number of ether oxygens (including phenoxy) is 1. The predicted molar refractivity (Wildman–Crippen MR) is 72.1 cm³/mol. The zero-order valence-corrected chi connectivity index (χ0v) is 11.0. The molecule has 0 fully saturated rings. The molecule has 2 aromatic rings. The Morgan fingerprint density at radius 3 is 2.67 bits per heavy atom. The third kappa shape index (κ3) is 3.11. The van der Waals surface area contributed by atoms with Crippen LogP contribution >= 0.6 is 11.6 Å². The molecule has 4 nitrogen and oxygen atoms in total. The number of rotatable bonds is 4. The molecule has 1 heterocycles. The third-order valence-corrected chi connectivity index (χ3v) is 2.74. The highest BCUT2D eigenvalue weighted by molar-refractivity contribution is 6.28. The molecular weight excluding hydrogens is 250 g/mol. The van der Waals surface area contributed by atoms with Gasteiger partial charge in [-0.3, -0.25) is 0 Å². The molecule has 94 valence electrons. The molecule has 0 saturated carbocycles. The second-order valence-corrected chi connectivity index (χ2v) is 4.21. The molecule has 18 heavy (non-hydrogen) atoms. The number of methoxy groups -OCH3 is 1. The van der Waals surface area contributed by atoms with E-state index in [4.69, 9.17) is 16.3 Å². The minimum absolute atomic E-state index is 0.248. The Hall–Kier alpha value is -1.81. The van der Waals surface area contributed by atoms with Crippen LogP contribution < -0.4 is 10.1 Å². The Morgan fingerprint density at radius 1 is 1.28 bits per heavy atom. The van der Waals surface area contributed by atoms with Crippen LogP contribution in [0.5, 0.6) is 5.75 Å². The van der Waals surface area contributed by atoms with Crippen molar-refractivity contribution in [3.05, 3.63) is 46.9 Å². The molecule has 0 radical (unpaired) electrons. The van der Waals surface area contributed by atoms with Crippen molar-refractivity contribution in [3.63, 3.8) is 0 Å². The van der Waals surface area contributed by atoms with Gasteiger partial charge in [0.2, 0.25) is 5.28 Å². The fraction of sp³-hybridized carbons (Fsp3) is 0.231. The van der Waals surface area contributed by atoms with Crippen molar-refractivity contribution in [1.82, 2.24) is 9.97 Å². The fourth-order valence-electron chi connectivity index (χ4n) is 1.53. The molecule has 0 bridgehead atoms. The summed E-state index contributed by atoms with van der Waals surface area (Å²) in [5.74, 6) is 1.60. The first-order valence-electron chi connectivity index (χ1n) is 5.55. The van der Waals surface area contributed by atoms with Crippen molar-refractivity contribution in [2.75, 3.05) is 12.4 Å². The highest BCUT2D eigenvalue weighted by Crippen LogP contribution is 2.15. The van der Waals surface area contributed by atoms with Crippen LogP contribution in [0.25, 0.3) is 0 Å². The van der Waals surface area contributed by atoms with E-state index in [0.717, 1.165) is 22.7 Å². The van der Waals surface area contributed by atoms with Crippen LogP contribution in [0.2, 0.25) is 5.28 Å². The molecule has 1 aromatic carbocycles. The number of halogens is 1. The van der Waals surface area contributed by atoms with E-state index in [9.17, 15) is 0 Å². The van der Waals surface area contributed by atoms with Gasteiger partial charge in [-0.25, -0.2) is 9.97 Å². The van der Waals surface area contributed by atoms with Crippen LogP contribution in [-0.4, -0.2) is 17.1 Å². The normalized spacial score (nSPS) is 10.2. The Kier molecular flexibility index (Phi) is 3.99. The Balaban J connectivity index is 2.04. The highest BCUT2D eigenvalue weighted by atomic mass is 35.5. The van der Waals surface area contributed by atoms with Gasteiger partial charge in [-0.2, -0.15) is 0 Å². The number of benzene rings is 1. The lowest BCUT2D eigenvalue weighted by molar-refractivity contribution is 0.414. The lowest BCUT2D eigenvalue weighted by Crippen LogP contribution is -2.04. The van der Waals surface area contributed by atoms with Crippen LogP contribution in [0.4, 0.5) is 5.82 Å². The molecule has 0 aliphatic heterocycles. The lowest BCUT2D eigenvalue weighted by Gasteiger charge is -2.08. The lowest BCUT2D eigenvalue weighted by atomic mass is 10.2. The van der Waals surface area contributed by atoms with E-state index in [1.54, 1.807) is 13.3 Å². The first-order valence-corrected chi connectivity index (χ1v) is 5.93. The van der Waals surface area contributed by atoms with Crippen LogP contribution in [0.15, 0.2) is 30.5 Å². The molecule has 0 aliphatic rings. The zero-order chi connectivity index (χ0) is 13.0. The molecule has 0 atom stereocenters. The Labute approximate surface area is 111 Å². The first-order chi connectivity index (χ1) is 8.69. The van der Waals surface area contributed by atoms with E-state index in [0.29, 0.717) is 6.54 Å². The summed E-state index contributed by atoms with van der Waals surface area (Å²) < 4.78 is 5.11. The van der Waals surface area contributed by atoms with Gasteiger partial charge in [0.15, 0.2) is 0 Å². The SMILES string of the molecule is COc1ccc(CNc2nc(Cl)ncc2C)cc1. The number of hydrogen-bond acceptors (Lipinski definition) is 4. The molecule has 1 aromatic heterocycles. The van der Waals surface area contributed by atoms with Crippen molar-refractivity contribution in [2.24, 2.45) is 0 Å². The van der Waals surface area contributed by atoms with Crippen molar-refractivity contribution in [1.29, 1.82) is 0 Å². The van der Waals surface area contributed by atoms with Gasteiger partial charge in [0.25, 0.3) is 0 Å². The summed E-state index contributed by atoms with van der Waals surface area (Å²) in [6.45, 7) is 2.62. The quantitative estimate of drug-likeness (QED) is 0.862. The van der Waals surface area contributed by atoms with Gasteiger partial charge in [0.05, 0.1) is 7.11 Å². The second-order valence-electron chi connectivity index (χ2n) is 3.87. The zero-order valence-electron chi connectivity index (χ0n) is 10.3. The smallest absolute Gasteiger partial charge is 0.224 e. The van der Waals surface area contributed by atoms with Crippen molar-refractivity contribution >= 4 is 17.4 Å². The summed E-state index contributed by atoms with van der Waals surface area (Å²) in [6, 6.07) is 7.86. The topological polar surface area (TPSA) is 47.0 Å². The van der Waals surface area contributed by atoms with Gasteiger partial charge in [-0.15, -0.1) is 0 Å². The van der Waals surface area contributed by atoms with Gasteiger partial charge in [-0.1, -0.05) is 12.1 Å². The first kappa shape index (κ1) is 12.6. The molecular formula is C13H14ClN3O. The fourth-order valence-corrected chi connectivity index (χ4v) is 1.66. The Bertz CT molecular complexity index is 528. The van der Waals surface area contributed by atoms with E-state index >= 15 is 0 Å². The molecule has 0 aliphatic carbocycles. The molecule has 0 amide bonds. The number of nitrogens with one attached hydrogen (secondary N) is 1. The van der Waals surface area contributed by atoms with Crippen molar-refractivity contribution in [3.8, 4) is 5.75 Å². The van der Waals surface area contributed by atoms with E-state index in [1.165, 1.54) is 0 Å². The average Bonchev–Trinajstić information content (AvgIpc) is 2.40. The minimum Gasteiger partial charge on any atom is -0.497 e. The monoisotopic (exact) mass is 263 g/mol. The van der Waals surface area contributed by atoms with Crippen LogP contribution in [0, 0.1) is 6.92 Å². The molecule has 2 rings (SSSR count). The number of nitrogens with zero attached hydrogens (tertiary/aromatic N) is 2. The van der Waals surface area contributed by atoms with E-state index < -0.39 is 0 Å². The van der Waals surface area contributed by atoms with Gasteiger partial charge >= 0.3 is 0 Å². The number of anilines is 1. The molecule has 5 heteroatoms. The highest BCUT2D eigenvalue weighted by Gasteiger charge is 2.02. The van der Waals surface area contributed by atoms with Crippen LogP contribution in [0.1, 0.15) is 11.1 Å². The van der Waals surface area contributed by atoms with Crippen LogP contribution in [0.3, 0.4) is 0 Å². The number of hydrogen-bond donors (Lipinski definition) is 1. The molecule has 0 saturated heterocycles. The van der Waals surface area contributed by atoms with E-state index in [-0.39, 0.29) is 5.28 Å². The predicted octanol–water partition coefficient (Wildman–Crippen LogP) is 3.06. The summed E-state index contributed by atoms with van der Waals surface area (Å²) in [7, 11) is 1.65. The summed E-state index contributed by atoms with van der Waals surface area (Å²) in [5, 5.41) is 3.48. The second kappa shape index (κ2) is 5.69. The largest absolute Gasteiger partial charge is 0.497 e. The Morgan fingerprint density at radius 2 is 2.00 bits per heavy atom. The molecule has 1 N–H and O–H groups in total. The maximum atomic E-state index is 5.76. The van der Waals surface area contributed by atoms with Gasteiger partial charge in [0.1, 0.15) is 11.6 Å². The molecule has 0 unspecified atom stereocenters. The number of aryl methyl sites for hydroxylation is 1. The number of aromatic nitrogens is 2. The minimum atomic E-state index is 0.248.